The number of fused-ring (bicyclic) bond motifs is 1. The van der Waals surface area contributed by atoms with Gasteiger partial charge >= 0.3 is 0 Å². The molecule has 1 aromatic carbocycles. The lowest BCUT2D eigenvalue weighted by molar-refractivity contribution is -0.137. The third-order valence-electron chi connectivity index (χ3n) is 12.6. The summed E-state index contributed by atoms with van der Waals surface area (Å²) in [6.07, 6.45) is 19.1. The molecular weight excluding hydrogens is 787 g/mol. The highest BCUT2D eigenvalue weighted by atomic mass is 16.5. The summed E-state index contributed by atoms with van der Waals surface area (Å²) in [5.41, 5.74) is 2.70. The molecule has 3 aromatic rings. The van der Waals surface area contributed by atoms with Crippen LogP contribution in [0.25, 0.3) is 6.08 Å². The zero-order valence-corrected chi connectivity index (χ0v) is 35.8. The molecule has 6 heterocycles. The number of amides is 5. The Morgan fingerprint density at radius 3 is 2.40 bits per heavy atom. The van der Waals surface area contributed by atoms with Crippen LogP contribution < -0.4 is 20.3 Å². The number of carbonyl (C=O) groups is 5. The number of pyridine rings is 1. The van der Waals surface area contributed by atoms with Crippen molar-refractivity contribution in [2.75, 3.05) is 63.9 Å². The maximum absolute atomic E-state index is 13.2. The van der Waals surface area contributed by atoms with Gasteiger partial charge in [-0.15, -0.1) is 10.2 Å². The fourth-order valence-electron chi connectivity index (χ4n) is 8.89. The van der Waals surface area contributed by atoms with Gasteiger partial charge in [0.25, 0.3) is 11.8 Å². The van der Waals surface area contributed by atoms with Crippen molar-refractivity contribution < 1.29 is 28.7 Å². The van der Waals surface area contributed by atoms with Crippen molar-refractivity contribution in [1.82, 2.24) is 40.5 Å². The molecule has 0 saturated carbocycles. The predicted octanol–water partition coefficient (Wildman–Crippen LogP) is 5.03. The maximum Gasteiger partial charge on any atom is 0.274 e. The van der Waals surface area contributed by atoms with Gasteiger partial charge in [-0.2, -0.15) is 0 Å². The minimum atomic E-state index is -0.631. The molecule has 2 aromatic heterocycles. The first-order chi connectivity index (χ1) is 30.3. The van der Waals surface area contributed by atoms with Crippen LogP contribution in [0.5, 0.6) is 5.75 Å². The van der Waals surface area contributed by atoms with Crippen molar-refractivity contribution >= 4 is 41.4 Å². The summed E-state index contributed by atoms with van der Waals surface area (Å²) in [6, 6.07) is 12.4. The first-order valence-corrected chi connectivity index (χ1v) is 22.7. The number of nitrogens with one attached hydrogen (secondary N) is 2. The predicted molar refractivity (Wildman–Crippen MR) is 235 cm³/mol. The molecule has 1 atom stereocenters. The van der Waals surface area contributed by atoms with Gasteiger partial charge in [-0.1, -0.05) is 50.7 Å². The number of carbonyl (C=O) groups excluding carboxylic acids is 5. The summed E-state index contributed by atoms with van der Waals surface area (Å²) in [5.74, 6) is 1.09. The Kier molecular flexibility index (Phi) is 16.0. The largest absolute Gasteiger partial charge is 0.493 e. The summed E-state index contributed by atoms with van der Waals surface area (Å²) < 4.78 is 6.12. The molecule has 2 N–H and O–H groups in total. The van der Waals surface area contributed by atoms with Gasteiger partial charge in [-0.05, 0) is 93.0 Å². The topological polar surface area (TPSA) is 170 Å². The van der Waals surface area contributed by atoms with Crippen molar-refractivity contribution in [2.45, 2.75) is 96.1 Å². The molecular formula is C47H61N9O6. The molecule has 7 rings (SSSR count). The van der Waals surface area contributed by atoms with Gasteiger partial charge < -0.3 is 24.8 Å². The van der Waals surface area contributed by atoms with E-state index >= 15 is 0 Å². The second kappa shape index (κ2) is 22.4. The minimum Gasteiger partial charge on any atom is -0.493 e. The smallest absolute Gasteiger partial charge is 0.274 e. The van der Waals surface area contributed by atoms with Gasteiger partial charge in [0.2, 0.25) is 17.7 Å². The highest BCUT2D eigenvalue weighted by molar-refractivity contribution is 6.05. The van der Waals surface area contributed by atoms with E-state index in [0.29, 0.717) is 49.0 Å². The van der Waals surface area contributed by atoms with E-state index in [0.717, 1.165) is 114 Å². The van der Waals surface area contributed by atoms with Gasteiger partial charge in [-0.25, -0.2) is 0 Å². The van der Waals surface area contributed by atoms with Crippen LogP contribution in [0, 0.1) is 5.92 Å². The molecule has 3 fully saturated rings. The van der Waals surface area contributed by atoms with E-state index in [4.69, 9.17) is 4.74 Å². The lowest BCUT2D eigenvalue weighted by Gasteiger charge is -2.35. The number of unbranched alkanes of at least 4 members (excludes halogenated alkanes) is 6. The van der Waals surface area contributed by atoms with Crippen LogP contribution >= 0.6 is 0 Å². The number of likely N-dealkylation sites (tertiary alicyclic amines) is 1. The van der Waals surface area contributed by atoms with E-state index in [1.165, 1.54) is 19.3 Å². The molecule has 3 saturated heterocycles. The standard InChI is InChI=1S/C47H61N9O6/c57-43(19-15-36-12-10-23-48-33-36)49-24-6-5-11-35-21-26-55(27-22-35)47(61)39-16-18-42(52-51-39)54-30-28-53(29-31-54)25-7-3-1-2-4-8-32-62-41-14-9-13-37-38(41)34-56(46(37)60)40-17-20-44(58)50-45(40)59/h9-10,12-16,18-19,23,33,35,40H,1-8,11,17,20-22,24-32,34H2,(H,49,57)(H,50,58,59)/b19-15+. The number of nitrogens with zero attached hydrogens (tertiary/aromatic N) is 7. The Morgan fingerprint density at radius 1 is 0.839 bits per heavy atom. The number of benzene rings is 1. The van der Waals surface area contributed by atoms with E-state index in [9.17, 15) is 24.0 Å². The van der Waals surface area contributed by atoms with Gasteiger partial charge in [0, 0.05) is 81.8 Å². The number of aromatic nitrogens is 3. The van der Waals surface area contributed by atoms with Crippen molar-refractivity contribution in [3.8, 4) is 5.75 Å². The highest BCUT2D eigenvalue weighted by Crippen LogP contribution is 2.34. The number of anilines is 1. The van der Waals surface area contributed by atoms with Gasteiger partial charge in [0.05, 0.1) is 13.2 Å². The monoisotopic (exact) mass is 847 g/mol. The summed E-state index contributed by atoms with van der Waals surface area (Å²) >= 11 is 0. The van der Waals surface area contributed by atoms with E-state index in [1.807, 2.05) is 41.3 Å². The van der Waals surface area contributed by atoms with E-state index in [1.54, 1.807) is 35.5 Å². The Balaban J connectivity index is 0.700. The number of rotatable bonds is 20. The molecule has 0 radical (unpaired) electrons. The summed E-state index contributed by atoms with van der Waals surface area (Å²) in [5, 5.41) is 14.1. The van der Waals surface area contributed by atoms with E-state index in [-0.39, 0.29) is 30.0 Å². The average Bonchev–Trinajstić information content (AvgIpc) is 3.64. The molecule has 15 nitrogen and oxygen atoms in total. The normalized spacial score (nSPS) is 18.6. The molecule has 0 spiro atoms. The van der Waals surface area contributed by atoms with E-state index in [2.05, 4.69) is 35.6 Å². The molecule has 1 unspecified atom stereocenters. The molecule has 0 aliphatic carbocycles. The van der Waals surface area contributed by atoms with Gasteiger partial charge in [0.15, 0.2) is 11.5 Å². The van der Waals surface area contributed by atoms with Crippen molar-refractivity contribution in [1.29, 1.82) is 0 Å². The molecule has 4 aliphatic rings. The minimum absolute atomic E-state index is 0.0434. The van der Waals surface area contributed by atoms with Crippen LogP contribution in [0.4, 0.5) is 5.82 Å². The molecule has 15 heteroatoms. The quantitative estimate of drug-likeness (QED) is 0.0889. The first-order valence-electron chi connectivity index (χ1n) is 22.7. The second-order valence-electron chi connectivity index (χ2n) is 16.9. The van der Waals surface area contributed by atoms with E-state index < -0.39 is 11.9 Å². The fourth-order valence-corrected chi connectivity index (χ4v) is 8.89. The van der Waals surface area contributed by atoms with Crippen molar-refractivity contribution in [2.24, 2.45) is 5.92 Å². The van der Waals surface area contributed by atoms with Gasteiger partial charge in [0.1, 0.15) is 11.8 Å². The fraction of sp³-hybridized carbons (Fsp3) is 0.532. The Labute approximate surface area is 364 Å². The third-order valence-corrected chi connectivity index (χ3v) is 12.6. The molecule has 5 amide bonds. The van der Waals surface area contributed by atoms with Crippen molar-refractivity contribution in [3.05, 3.63) is 83.3 Å². The summed E-state index contributed by atoms with van der Waals surface area (Å²) in [6.45, 7) is 7.84. The zero-order valence-electron chi connectivity index (χ0n) is 35.8. The number of piperazine rings is 1. The molecule has 0 bridgehead atoms. The van der Waals surface area contributed by atoms with Gasteiger partial charge in [-0.3, -0.25) is 39.2 Å². The van der Waals surface area contributed by atoms with Crippen LogP contribution in [0.3, 0.4) is 0 Å². The van der Waals surface area contributed by atoms with Crippen LogP contribution in [-0.4, -0.2) is 124 Å². The Morgan fingerprint density at radius 2 is 1.65 bits per heavy atom. The maximum atomic E-state index is 13.2. The number of hydrogen-bond donors (Lipinski definition) is 2. The lowest BCUT2D eigenvalue weighted by atomic mass is 9.91. The zero-order chi connectivity index (χ0) is 43.1. The summed E-state index contributed by atoms with van der Waals surface area (Å²) in [4.78, 5) is 74.7. The Bertz CT molecular complexity index is 2010. The number of ether oxygens (including phenoxy) is 1. The first kappa shape index (κ1) is 44.4. The van der Waals surface area contributed by atoms with Crippen LogP contribution in [0.15, 0.2) is 60.9 Å². The Hall–Kier alpha value is -5.70. The number of hydrogen-bond acceptors (Lipinski definition) is 11. The average molecular weight is 848 g/mol. The molecule has 4 aliphatic heterocycles. The van der Waals surface area contributed by atoms with Crippen molar-refractivity contribution in [3.63, 3.8) is 0 Å². The highest BCUT2D eigenvalue weighted by Gasteiger charge is 2.40. The molecule has 62 heavy (non-hydrogen) atoms. The SMILES string of the molecule is O=C(/C=C/c1cccnc1)NCCCCC1CCN(C(=O)c2ccc(N3CCN(CCCCCCCCOc4cccc5c4CN(C4CCC(=O)NC4=O)C5=O)CC3)nn2)CC1. The van der Waals surface area contributed by atoms with Crippen LogP contribution in [0.1, 0.15) is 115 Å². The third kappa shape index (κ3) is 12.2. The number of imide groups is 1. The lowest BCUT2D eigenvalue weighted by Crippen LogP contribution is -2.52. The second-order valence-corrected chi connectivity index (χ2v) is 16.9. The molecule has 330 valence electrons. The number of piperidine rings is 2. The summed E-state index contributed by atoms with van der Waals surface area (Å²) in [7, 11) is 0. The van der Waals surface area contributed by atoms with Crippen LogP contribution in [-0.2, 0) is 20.9 Å². The van der Waals surface area contributed by atoms with Crippen LogP contribution in [0.2, 0.25) is 0 Å².